The Bertz CT molecular complexity index is 625. The predicted molar refractivity (Wildman–Crippen MR) is 75.2 cm³/mol. The number of thiophene rings is 1. The van der Waals surface area contributed by atoms with Gasteiger partial charge in [-0.25, -0.2) is 9.59 Å². The first-order valence-electron chi connectivity index (χ1n) is 5.70. The van der Waals surface area contributed by atoms with Crippen LogP contribution in [-0.2, 0) is 6.54 Å². The highest BCUT2D eigenvalue weighted by atomic mass is 32.1. The fourth-order valence-corrected chi connectivity index (χ4v) is 2.19. The van der Waals surface area contributed by atoms with E-state index in [2.05, 4.69) is 10.6 Å². The molecule has 0 unspecified atom stereocenters. The molecule has 0 saturated carbocycles. The molecule has 2 aromatic rings. The summed E-state index contributed by atoms with van der Waals surface area (Å²) in [6.45, 7) is 0.396. The number of urea groups is 1. The molecule has 2 amide bonds. The molecule has 6 nitrogen and oxygen atoms in total. The zero-order valence-electron chi connectivity index (χ0n) is 10.3. The number of carbonyl (C=O) groups excluding carboxylic acids is 1. The molecule has 0 saturated heterocycles. The lowest BCUT2D eigenvalue weighted by Crippen LogP contribution is -2.27. The Hall–Kier alpha value is -2.54. The molecule has 7 heteroatoms. The molecule has 0 bridgehead atoms. The van der Waals surface area contributed by atoms with Gasteiger partial charge >= 0.3 is 12.0 Å². The van der Waals surface area contributed by atoms with Crippen molar-refractivity contribution in [2.24, 2.45) is 0 Å². The molecule has 2 rings (SSSR count). The van der Waals surface area contributed by atoms with Crippen LogP contribution in [0.3, 0.4) is 0 Å². The number of hydrogen-bond acceptors (Lipinski definition) is 4. The normalized spacial score (nSPS) is 10.0. The van der Waals surface area contributed by atoms with Crippen LogP contribution in [0.1, 0.15) is 15.2 Å². The number of anilines is 1. The van der Waals surface area contributed by atoms with E-state index in [9.17, 15) is 14.7 Å². The molecule has 0 atom stereocenters. The quantitative estimate of drug-likeness (QED) is 0.650. The maximum atomic E-state index is 11.6. The van der Waals surface area contributed by atoms with E-state index < -0.39 is 12.0 Å². The summed E-state index contributed by atoms with van der Waals surface area (Å²) < 4.78 is 0. The van der Waals surface area contributed by atoms with Gasteiger partial charge in [-0.15, -0.1) is 11.3 Å². The molecule has 1 heterocycles. The first-order chi connectivity index (χ1) is 9.56. The number of aromatic carboxylic acids is 1. The van der Waals surface area contributed by atoms with Crippen molar-refractivity contribution >= 4 is 29.0 Å². The molecule has 1 aromatic carbocycles. The Kier molecular flexibility index (Phi) is 4.21. The van der Waals surface area contributed by atoms with Gasteiger partial charge in [-0.05, 0) is 29.6 Å². The molecular weight excluding hydrogens is 280 g/mol. The fraction of sp³-hybridized carbons (Fsp3) is 0.0769. The summed E-state index contributed by atoms with van der Waals surface area (Å²) in [5, 5.41) is 25.3. The standard InChI is InChI=1S/C13H12N2O4S/c16-11-4-3-8(6-10(11)12(17)18)15-13(19)14-7-9-2-1-5-20-9/h1-6,16H,7H2,(H,17,18)(H2,14,15,19). The minimum atomic E-state index is -1.26. The molecule has 20 heavy (non-hydrogen) atoms. The molecular formula is C13H12N2O4S. The molecule has 1 aromatic heterocycles. The van der Waals surface area contributed by atoms with Gasteiger partial charge in [0.25, 0.3) is 0 Å². The number of hydrogen-bond donors (Lipinski definition) is 4. The van der Waals surface area contributed by atoms with Crippen LogP contribution in [0.5, 0.6) is 5.75 Å². The second kappa shape index (κ2) is 6.07. The van der Waals surface area contributed by atoms with E-state index >= 15 is 0 Å². The van der Waals surface area contributed by atoms with Crippen molar-refractivity contribution in [1.82, 2.24) is 5.32 Å². The first kappa shape index (κ1) is 13.9. The monoisotopic (exact) mass is 292 g/mol. The number of amides is 2. The van der Waals surface area contributed by atoms with Crippen LogP contribution in [0.15, 0.2) is 35.7 Å². The van der Waals surface area contributed by atoms with Crippen LogP contribution in [0.4, 0.5) is 10.5 Å². The molecule has 4 N–H and O–H groups in total. The van der Waals surface area contributed by atoms with E-state index in [4.69, 9.17) is 5.11 Å². The molecule has 0 aliphatic rings. The lowest BCUT2D eigenvalue weighted by Gasteiger charge is -2.08. The predicted octanol–water partition coefficient (Wildman–Crippen LogP) is 2.47. The Morgan fingerprint density at radius 2 is 2.05 bits per heavy atom. The SMILES string of the molecule is O=C(NCc1cccs1)Nc1ccc(O)c(C(=O)O)c1. The van der Waals surface area contributed by atoms with Gasteiger partial charge in [0, 0.05) is 10.6 Å². The van der Waals surface area contributed by atoms with E-state index in [0.717, 1.165) is 4.88 Å². The summed E-state index contributed by atoms with van der Waals surface area (Å²) in [7, 11) is 0. The molecule has 0 radical (unpaired) electrons. The Morgan fingerprint density at radius 3 is 2.70 bits per heavy atom. The number of rotatable bonds is 4. The minimum absolute atomic E-state index is 0.263. The number of nitrogens with one attached hydrogen (secondary N) is 2. The Labute approximate surface area is 118 Å². The minimum Gasteiger partial charge on any atom is -0.507 e. The van der Waals surface area contributed by atoms with Crippen molar-refractivity contribution in [3.63, 3.8) is 0 Å². The van der Waals surface area contributed by atoms with Gasteiger partial charge in [0.05, 0.1) is 6.54 Å². The van der Waals surface area contributed by atoms with Gasteiger partial charge in [0.1, 0.15) is 11.3 Å². The second-order valence-electron chi connectivity index (χ2n) is 3.92. The van der Waals surface area contributed by atoms with Crippen molar-refractivity contribution in [3.8, 4) is 5.75 Å². The fourth-order valence-electron chi connectivity index (χ4n) is 1.54. The largest absolute Gasteiger partial charge is 0.507 e. The molecule has 0 spiro atoms. The maximum Gasteiger partial charge on any atom is 0.339 e. The second-order valence-corrected chi connectivity index (χ2v) is 4.96. The van der Waals surface area contributed by atoms with Gasteiger partial charge in [0.2, 0.25) is 0 Å². The van der Waals surface area contributed by atoms with E-state index in [1.54, 1.807) is 0 Å². The van der Waals surface area contributed by atoms with Gasteiger partial charge < -0.3 is 20.8 Å². The number of aromatic hydroxyl groups is 1. The number of benzene rings is 1. The van der Waals surface area contributed by atoms with Gasteiger partial charge in [-0.2, -0.15) is 0 Å². The topological polar surface area (TPSA) is 98.7 Å². The third kappa shape index (κ3) is 3.48. The average molecular weight is 292 g/mol. The van der Waals surface area contributed by atoms with Crippen LogP contribution in [-0.4, -0.2) is 22.2 Å². The van der Waals surface area contributed by atoms with E-state index in [1.807, 2.05) is 17.5 Å². The summed E-state index contributed by atoms with van der Waals surface area (Å²) in [5.41, 5.74) is 0.0323. The number of carboxylic acids is 1. The molecule has 0 aliphatic carbocycles. The zero-order chi connectivity index (χ0) is 14.5. The van der Waals surface area contributed by atoms with Crippen molar-refractivity contribution < 1.29 is 19.8 Å². The highest BCUT2D eigenvalue weighted by molar-refractivity contribution is 7.09. The number of carboxylic acid groups (broad SMARTS) is 1. The molecule has 0 aliphatic heterocycles. The highest BCUT2D eigenvalue weighted by Crippen LogP contribution is 2.21. The molecule has 0 fully saturated rings. The van der Waals surface area contributed by atoms with Crippen molar-refractivity contribution in [2.75, 3.05) is 5.32 Å². The highest BCUT2D eigenvalue weighted by Gasteiger charge is 2.11. The summed E-state index contributed by atoms with van der Waals surface area (Å²) >= 11 is 1.53. The first-order valence-corrected chi connectivity index (χ1v) is 6.58. The van der Waals surface area contributed by atoms with E-state index in [-0.39, 0.29) is 11.3 Å². The van der Waals surface area contributed by atoms with Gasteiger partial charge in [-0.1, -0.05) is 6.07 Å². The Balaban J connectivity index is 1.97. The van der Waals surface area contributed by atoms with Crippen molar-refractivity contribution in [3.05, 3.63) is 46.2 Å². The smallest absolute Gasteiger partial charge is 0.339 e. The molecule has 104 valence electrons. The van der Waals surface area contributed by atoms with E-state index in [0.29, 0.717) is 12.2 Å². The van der Waals surface area contributed by atoms with Crippen LogP contribution < -0.4 is 10.6 Å². The summed E-state index contributed by atoms with van der Waals surface area (Å²) in [4.78, 5) is 23.5. The number of phenols is 1. The van der Waals surface area contributed by atoms with Gasteiger partial charge in [-0.3, -0.25) is 0 Å². The van der Waals surface area contributed by atoms with Crippen molar-refractivity contribution in [2.45, 2.75) is 6.54 Å². The third-order valence-corrected chi connectivity index (χ3v) is 3.36. The zero-order valence-corrected chi connectivity index (χ0v) is 11.1. The summed E-state index contributed by atoms with van der Waals surface area (Å²) in [6, 6.07) is 7.18. The van der Waals surface area contributed by atoms with Crippen LogP contribution in [0, 0.1) is 0 Å². The summed E-state index contributed by atoms with van der Waals surface area (Å²) in [5.74, 6) is -1.60. The lowest BCUT2D eigenvalue weighted by molar-refractivity contribution is 0.0693. The Morgan fingerprint density at radius 1 is 1.25 bits per heavy atom. The van der Waals surface area contributed by atoms with Crippen LogP contribution in [0.25, 0.3) is 0 Å². The van der Waals surface area contributed by atoms with E-state index in [1.165, 1.54) is 29.5 Å². The van der Waals surface area contributed by atoms with Crippen LogP contribution >= 0.6 is 11.3 Å². The lowest BCUT2D eigenvalue weighted by atomic mass is 10.2. The third-order valence-electron chi connectivity index (χ3n) is 2.49. The van der Waals surface area contributed by atoms with Gasteiger partial charge in [0.15, 0.2) is 0 Å². The van der Waals surface area contributed by atoms with Crippen molar-refractivity contribution in [1.29, 1.82) is 0 Å². The number of carbonyl (C=O) groups is 2. The maximum absolute atomic E-state index is 11.6. The van der Waals surface area contributed by atoms with Crippen LogP contribution in [0.2, 0.25) is 0 Å². The average Bonchev–Trinajstić information content (AvgIpc) is 2.91. The summed E-state index contributed by atoms with van der Waals surface area (Å²) in [6.07, 6.45) is 0.